The first kappa shape index (κ1) is 21.1. The minimum atomic E-state index is -3.78. The number of ether oxygens (including phenoxy) is 2. The van der Waals surface area contributed by atoms with Gasteiger partial charge >= 0.3 is 0 Å². The SMILES string of the molecule is COc1cccc(C(=O)N2CCN(S(=O)(=O)c3ccc4c(c3)NC(=O)C(C)O4)CC2)c1. The highest BCUT2D eigenvalue weighted by Gasteiger charge is 2.32. The summed E-state index contributed by atoms with van der Waals surface area (Å²) < 4.78 is 38.2. The van der Waals surface area contributed by atoms with Gasteiger partial charge in [-0.1, -0.05) is 6.07 Å². The molecule has 0 bridgehead atoms. The maximum Gasteiger partial charge on any atom is 0.265 e. The number of hydrogen-bond donors (Lipinski definition) is 1. The van der Waals surface area contributed by atoms with Crippen LogP contribution < -0.4 is 14.8 Å². The molecule has 4 rings (SSSR count). The smallest absolute Gasteiger partial charge is 0.265 e. The second-order valence-electron chi connectivity index (χ2n) is 7.34. The highest BCUT2D eigenvalue weighted by molar-refractivity contribution is 7.89. The summed E-state index contributed by atoms with van der Waals surface area (Å²) >= 11 is 0. The van der Waals surface area contributed by atoms with E-state index in [0.717, 1.165) is 0 Å². The number of carbonyl (C=O) groups excluding carboxylic acids is 2. The number of anilines is 1. The lowest BCUT2D eigenvalue weighted by Crippen LogP contribution is -2.50. The highest BCUT2D eigenvalue weighted by Crippen LogP contribution is 2.33. The van der Waals surface area contributed by atoms with E-state index in [1.807, 2.05) is 0 Å². The number of rotatable bonds is 4. The lowest BCUT2D eigenvalue weighted by atomic mass is 10.1. The van der Waals surface area contributed by atoms with Crippen LogP contribution in [0, 0.1) is 0 Å². The fourth-order valence-electron chi connectivity index (χ4n) is 3.57. The van der Waals surface area contributed by atoms with Crippen LogP contribution in [-0.2, 0) is 14.8 Å². The second-order valence-corrected chi connectivity index (χ2v) is 9.27. The van der Waals surface area contributed by atoms with E-state index in [-0.39, 0.29) is 42.9 Å². The second kappa shape index (κ2) is 8.20. The summed E-state index contributed by atoms with van der Waals surface area (Å²) in [6, 6.07) is 11.3. The lowest BCUT2D eigenvalue weighted by Gasteiger charge is -2.34. The molecule has 0 aromatic heterocycles. The van der Waals surface area contributed by atoms with Crippen LogP contribution in [0.5, 0.6) is 11.5 Å². The summed E-state index contributed by atoms with van der Waals surface area (Å²) in [5, 5.41) is 2.66. The first-order valence-corrected chi connectivity index (χ1v) is 11.3. The van der Waals surface area contributed by atoms with E-state index in [1.54, 1.807) is 42.2 Å². The molecular formula is C21H23N3O6S. The van der Waals surface area contributed by atoms with Crippen LogP contribution >= 0.6 is 0 Å². The number of fused-ring (bicyclic) bond motifs is 1. The van der Waals surface area contributed by atoms with E-state index in [2.05, 4.69) is 5.32 Å². The number of piperazine rings is 1. The molecule has 1 saturated heterocycles. The molecule has 1 unspecified atom stereocenters. The molecule has 0 aliphatic carbocycles. The number of methoxy groups -OCH3 is 1. The van der Waals surface area contributed by atoms with Crippen LogP contribution in [0.4, 0.5) is 5.69 Å². The van der Waals surface area contributed by atoms with Crippen molar-refractivity contribution in [1.82, 2.24) is 9.21 Å². The van der Waals surface area contributed by atoms with Crippen LogP contribution in [0.1, 0.15) is 17.3 Å². The van der Waals surface area contributed by atoms with Crippen LogP contribution in [0.15, 0.2) is 47.4 Å². The van der Waals surface area contributed by atoms with Gasteiger partial charge in [-0.25, -0.2) is 8.42 Å². The molecule has 0 saturated carbocycles. The molecule has 10 heteroatoms. The summed E-state index contributed by atoms with van der Waals surface area (Å²) in [5.41, 5.74) is 0.825. The fourth-order valence-corrected chi connectivity index (χ4v) is 5.02. The molecule has 2 aliphatic heterocycles. The minimum Gasteiger partial charge on any atom is -0.497 e. The van der Waals surface area contributed by atoms with Crippen molar-refractivity contribution in [3.63, 3.8) is 0 Å². The van der Waals surface area contributed by atoms with Gasteiger partial charge < -0.3 is 19.7 Å². The molecule has 0 spiro atoms. The summed E-state index contributed by atoms with van der Waals surface area (Å²) in [6.07, 6.45) is -0.634. The zero-order valence-electron chi connectivity index (χ0n) is 17.2. The Bertz CT molecular complexity index is 1130. The zero-order valence-corrected chi connectivity index (χ0v) is 18.0. The average Bonchev–Trinajstić information content (AvgIpc) is 2.79. The molecule has 1 fully saturated rings. The van der Waals surface area contributed by atoms with E-state index >= 15 is 0 Å². The molecule has 1 atom stereocenters. The molecule has 31 heavy (non-hydrogen) atoms. The molecule has 2 amide bonds. The minimum absolute atomic E-state index is 0.0669. The molecule has 2 aromatic rings. The third-order valence-electron chi connectivity index (χ3n) is 5.36. The van der Waals surface area contributed by atoms with Gasteiger partial charge in [-0.3, -0.25) is 9.59 Å². The molecular weight excluding hydrogens is 422 g/mol. The van der Waals surface area contributed by atoms with Crippen LogP contribution in [0.2, 0.25) is 0 Å². The monoisotopic (exact) mass is 445 g/mol. The molecule has 9 nitrogen and oxygen atoms in total. The van der Waals surface area contributed by atoms with Crippen LogP contribution in [0.25, 0.3) is 0 Å². The standard InChI is InChI=1S/C21H23N3O6S/c1-14-20(25)22-18-13-17(6-7-19(18)30-14)31(27,28)24-10-8-23(9-11-24)21(26)15-4-3-5-16(12-15)29-2/h3-7,12-14H,8-11H2,1-2H3,(H,22,25). The van der Waals surface area contributed by atoms with Crippen LogP contribution in [0.3, 0.4) is 0 Å². The van der Waals surface area contributed by atoms with E-state index in [9.17, 15) is 18.0 Å². The highest BCUT2D eigenvalue weighted by atomic mass is 32.2. The van der Waals surface area contributed by atoms with Gasteiger partial charge in [0.2, 0.25) is 10.0 Å². The van der Waals surface area contributed by atoms with Gasteiger partial charge in [0, 0.05) is 31.7 Å². The van der Waals surface area contributed by atoms with E-state index in [4.69, 9.17) is 9.47 Å². The van der Waals surface area contributed by atoms with Crippen molar-refractivity contribution >= 4 is 27.5 Å². The van der Waals surface area contributed by atoms with Crippen molar-refractivity contribution in [1.29, 1.82) is 0 Å². The largest absolute Gasteiger partial charge is 0.497 e. The Balaban J connectivity index is 1.46. The number of benzene rings is 2. The molecule has 2 aromatic carbocycles. The fraction of sp³-hybridized carbons (Fsp3) is 0.333. The van der Waals surface area contributed by atoms with Crippen LogP contribution in [-0.4, -0.2) is 68.8 Å². The van der Waals surface area contributed by atoms with Crippen molar-refractivity contribution in [3.8, 4) is 11.5 Å². The Morgan fingerprint density at radius 2 is 1.87 bits per heavy atom. The number of hydrogen-bond acceptors (Lipinski definition) is 6. The van der Waals surface area contributed by atoms with Gasteiger partial charge in [0.25, 0.3) is 11.8 Å². The number of nitrogens with one attached hydrogen (secondary N) is 1. The predicted molar refractivity (Wildman–Crippen MR) is 113 cm³/mol. The maximum absolute atomic E-state index is 13.1. The molecule has 2 heterocycles. The normalized spacial score (nSPS) is 19.2. The summed E-state index contributed by atoms with van der Waals surface area (Å²) in [7, 11) is -2.25. The average molecular weight is 445 g/mol. The lowest BCUT2D eigenvalue weighted by molar-refractivity contribution is -0.122. The van der Waals surface area contributed by atoms with Gasteiger partial charge in [0.05, 0.1) is 17.7 Å². The van der Waals surface area contributed by atoms with Gasteiger partial charge in [-0.15, -0.1) is 0 Å². The Morgan fingerprint density at radius 3 is 2.58 bits per heavy atom. The van der Waals surface area contributed by atoms with Crippen molar-refractivity contribution in [2.45, 2.75) is 17.9 Å². The van der Waals surface area contributed by atoms with E-state index in [1.165, 1.54) is 23.5 Å². The topological polar surface area (TPSA) is 105 Å². The predicted octanol–water partition coefficient (Wildman–Crippen LogP) is 1.56. The first-order chi connectivity index (χ1) is 14.8. The van der Waals surface area contributed by atoms with Crippen molar-refractivity contribution in [2.75, 3.05) is 38.6 Å². The van der Waals surface area contributed by atoms with Gasteiger partial charge in [-0.2, -0.15) is 4.31 Å². The summed E-state index contributed by atoms with van der Waals surface area (Å²) in [6.45, 7) is 2.52. The Morgan fingerprint density at radius 1 is 1.13 bits per heavy atom. The molecule has 2 aliphatic rings. The Kier molecular flexibility index (Phi) is 5.59. The third kappa shape index (κ3) is 4.08. The Hall–Kier alpha value is -3.11. The van der Waals surface area contributed by atoms with Gasteiger partial charge in [0.15, 0.2) is 6.10 Å². The number of sulfonamides is 1. The Labute approximate surface area is 180 Å². The van der Waals surface area contributed by atoms with Crippen molar-refractivity contribution in [2.24, 2.45) is 0 Å². The van der Waals surface area contributed by atoms with Crippen molar-refractivity contribution in [3.05, 3.63) is 48.0 Å². The summed E-state index contributed by atoms with van der Waals surface area (Å²) in [4.78, 5) is 26.3. The number of nitrogens with zero attached hydrogens (tertiary/aromatic N) is 2. The van der Waals surface area contributed by atoms with E-state index in [0.29, 0.717) is 22.7 Å². The van der Waals surface area contributed by atoms with Gasteiger partial charge in [-0.05, 0) is 43.3 Å². The zero-order chi connectivity index (χ0) is 22.2. The third-order valence-corrected chi connectivity index (χ3v) is 7.26. The van der Waals surface area contributed by atoms with E-state index < -0.39 is 16.1 Å². The summed E-state index contributed by atoms with van der Waals surface area (Å²) in [5.74, 6) is 0.523. The van der Waals surface area contributed by atoms with Crippen molar-refractivity contribution < 1.29 is 27.5 Å². The quantitative estimate of drug-likeness (QED) is 0.766. The maximum atomic E-state index is 13.1. The van der Waals surface area contributed by atoms with Gasteiger partial charge in [0.1, 0.15) is 11.5 Å². The molecule has 0 radical (unpaired) electrons. The molecule has 164 valence electrons. The number of carbonyl (C=O) groups is 2. The first-order valence-electron chi connectivity index (χ1n) is 9.84. The molecule has 1 N–H and O–H groups in total. The number of amides is 2.